The van der Waals surface area contributed by atoms with E-state index in [4.69, 9.17) is 4.74 Å². The Bertz CT molecular complexity index is 1820. The predicted molar refractivity (Wildman–Crippen MR) is 151 cm³/mol. The number of hydrogen-bond acceptors (Lipinski definition) is 7. The molecule has 5 rings (SSSR count). The Morgan fingerprint density at radius 3 is 2.30 bits per heavy atom. The van der Waals surface area contributed by atoms with Crippen molar-refractivity contribution in [2.75, 3.05) is 26.3 Å². The number of aromatic nitrogens is 2. The van der Waals surface area contributed by atoms with Gasteiger partial charge in [-0.15, -0.1) is 0 Å². The molecule has 1 aliphatic rings. The minimum Gasteiger partial charge on any atom is -0.379 e. The van der Waals surface area contributed by atoms with Gasteiger partial charge in [0.2, 0.25) is 19.9 Å². The maximum atomic E-state index is 13.4. The largest absolute Gasteiger partial charge is 0.379 e. The maximum absolute atomic E-state index is 13.4. The van der Waals surface area contributed by atoms with Crippen LogP contribution in [0.25, 0.3) is 23.0 Å². The van der Waals surface area contributed by atoms with E-state index in [1.165, 1.54) is 34.6 Å². The van der Waals surface area contributed by atoms with Crippen LogP contribution in [-0.2, 0) is 24.6 Å². The van der Waals surface area contributed by atoms with Gasteiger partial charge in [0.1, 0.15) is 16.7 Å². The number of nitrogens with zero attached hydrogens (tertiary/aromatic N) is 4. The van der Waals surface area contributed by atoms with Gasteiger partial charge >= 0.3 is 0 Å². The third kappa shape index (κ3) is 5.48. The summed E-state index contributed by atoms with van der Waals surface area (Å²) >= 11 is 0. The molecule has 1 aromatic heterocycles. The van der Waals surface area contributed by atoms with Crippen molar-refractivity contribution >= 4 is 25.9 Å². The fourth-order valence-electron chi connectivity index (χ4n) is 4.33. The van der Waals surface area contributed by atoms with Crippen molar-refractivity contribution in [2.45, 2.75) is 16.7 Å². The molecule has 0 aliphatic carbocycles. The fourth-order valence-corrected chi connectivity index (χ4v) is 6.93. The van der Waals surface area contributed by atoms with Crippen LogP contribution in [0.1, 0.15) is 11.1 Å². The van der Waals surface area contributed by atoms with Crippen LogP contribution in [0.5, 0.6) is 0 Å². The summed E-state index contributed by atoms with van der Waals surface area (Å²) in [5.41, 5.74) is 2.73. The van der Waals surface area contributed by atoms with Gasteiger partial charge in [-0.25, -0.2) is 21.5 Å². The normalized spacial score (nSPS) is 15.1. The molecule has 1 fully saturated rings. The van der Waals surface area contributed by atoms with Crippen LogP contribution in [0.2, 0.25) is 0 Å². The average Bonchev–Trinajstić information content (AvgIpc) is 3.41. The van der Waals surface area contributed by atoms with Gasteiger partial charge in [0.15, 0.2) is 0 Å². The van der Waals surface area contributed by atoms with E-state index in [9.17, 15) is 22.1 Å². The summed E-state index contributed by atoms with van der Waals surface area (Å²) in [5.74, 6) is 0. The molecule has 0 saturated carbocycles. The van der Waals surface area contributed by atoms with Gasteiger partial charge in [0.05, 0.1) is 28.7 Å². The molecule has 0 spiro atoms. The zero-order valence-electron chi connectivity index (χ0n) is 21.6. The molecule has 11 heteroatoms. The number of sulfone groups is 1. The van der Waals surface area contributed by atoms with Gasteiger partial charge in [-0.05, 0) is 49.4 Å². The van der Waals surface area contributed by atoms with E-state index in [1.807, 2.05) is 43.3 Å². The van der Waals surface area contributed by atoms with Gasteiger partial charge in [0.25, 0.3) is 0 Å². The van der Waals surface area contributed by atoms with Crippen molar-refractivity contribution in [1.82, 2.24) is 14.1 Å². The first-order valence-corrected chi connectivity index (χ1v) is 15.4. The summed E-state index contributed by atoms with van der Waals surface area (Å²) in [6.07, 6.45) is 2.90. The van der Waals surface area contributed by atoms with E-state index < -0.39 is 24.8 Å². The first-order chi connectivity index (χ1) is 19.2. The zero-order chi connectivity index (χ0) is 28.3. The summed E-state index contributed by atoms with van der Waals surface area (Å²) in [4.78, 5) is -0.368. The first kappa shape index (κ1) is 27.5. The summed E-state index contributed by atoms with van der Waals surface area (Å²) in [6.45, 7) is 3.00. The minimum atomic E-state index is -4.12. The summed E-state index contributed by atoms with van der Waals surface area (Å²) in [5, 5.41) is 14.6. The lowest BCUT2D eigenvalue weighted by Crippen LogP contribution is -2.40. The molecule has 2 heterocycles. The van der Waals surface area contributed by atoms with Crippen molar-refractivity contribution in [3.63, 3.8) is 0 Å². The number of morpholine rings is 1. The van der Waals surface area contributed by atoms with Crippen molar-refractivity contribution in [2.24, 2.45) is 0 Å². The Balaban J connectivity index is 1.64. The highest BCUT2D eigenvalue weighted by atomic mass is 32.2. The molecule has 0 atom stereocenters. The molecule has 1 saturated heterocycles. The zero-order valence-corrected chi connectivity index (χ0v) is 23.3. The number of hydrogen-bond donors (Lipinski definition) is 0. The monoisotopic (exact) mass is 574 g/mol. The van der Waals surface area contributed by atoms with Crippen LogP contribution in [0.15, 0.2) is 99.8 Å². The van der Waals surface area contributed by atoms with Crippen molar-refractivity contribution in [3.05, 3.63) is 101 Å². The predicted octanol–water partition coefficient (Wildman–Crippen LogP) is 4.21. The molecule has 0 radical (unpaired) electrons. The highest BCUT2D eigenvalue weighted by Crippen LogP contribution is 2.30. The quantitative estimate of drug-likeness (QED) is 0.303. The van der Waals surface area contributed by atoms with Crippen LogP contribution < -0.4 is 0 Å². The van der Waals surface area contributed by atoms with Crippen LogP contribution >= 0.6 is 0 Å². The van der Waals surface area contributed by atoms with E-state index >= 15 is 0 Å². The van der Waals surface area contributed by atoms with Crippen molar-refractivity contribution < 1.29 is 21.6 Å². The molecular weight excluding hydrogens is 548 g/mol. The van der Waals surface area contributed by atoms with Crippen LogP contribution in [0.3, 0.4) is 0 Å². The van der Waals surface area contributed by atoms with Gasteiger partial charge in [0, 0.05) is 30.4 Å². The third-order valence-electron chi connectivity index (χ3n) is 6.50. The van der Waals surface area contributed by atoms with E-state index in [-0.39, 0.29) is 22.9 Å². The Morgan fingerprint density at radius 1 is 0.925 bits per heavy atom. The van der Waals surface area contributed by atoms with Gasteiger partial charge in [-0.3, -0.25) is 0 Å². The van der Waals surface area contributed by atoms with Crippen LogP contribution in [-0.4, -0.2) is 57.2 Å². The molecular formula is C29H26N4O5S2. The molecule has 3 aromatic carbocycles. The standard InChI is InChI=1S/C29H26N4O5S2/c1-22-10-12-26(13-11-22)39(34,35)28(20-30)19-24-21-33(25-7-3-2-4-8-25)31-29(24)23-6-5-9-27(18-23)40(36,37)32-14-16-38-17-15-32/h2-13,18-19,21H,14-17H2,1H3/b28-19+. The average molecular weight is 575 g/mol. The summed E-state index contributed by atoms with van der Waals surface area (Å²) in [7, 11) is -7.90. The molecule has 1 aliphatic heterocycles. The van der Waals surface area contributed by atoms with Crippen molar-refractivity contribution in [1.29, 1.82) is 5.26 Å². The number of ether oxygens (including phenoxy) is 1. The molecule has 0 bridgehead atoms. The molecule has 0 unspecified atom stereocenters. The Morgan fingerprint density at radius 2 is 1.62 bits per heavy atom. The van der Waals surface area contributed by atoms with E-state index in [0.717, 1.165) is 5.56 Å². The lowest BCUT2D eigenvalue weighted by Gasteiger charge is -2.26. The second kappa shape index (κ2) is 11.2. The number of rotatable bonds is 7. The molecule has 0 N–H and O–H groups in total. The second-order valence-electron chi connectivity index (χ2n) is 9.19. The Hall–Kier alpha value is -4.08. The lowest BCUT2D eigenvalue weighted by atomic mass is 10.1. The molecule has 4 aromatic rings. The van der Waals surface area contributed by atoms with Crippen LogP contribution in [0, 0.1) is 18.3 Å². The lowest BCUT2D eigenvalue weighted by molar-refractivity contribution is 0.0730. The SMILES string of the molecule is Cc1ccc(S(=O)(=O)/C(C#N)=C/c2cn(-c3ccccc3)nc2-c2cccc(S(=O)(=O)N3CCOCC3)c2)cc1. The van der Waals surface area contributed by atoms with E-state index in [0.29, 0.717) is 35.7 Å². The topological polar surface area (TPSA) is 122 Å². The summed E-state index contributed by atoms with van der Waals surface area (Å²) < 4.78 is 61.6. The van der Waals surface area contributed by atoms with Gasteiger partial charge in [-0.1, -0.05) is 48.0 Å². The highest BCUT2D eigenvalue weighted by molar-refractivity contribution is 7.95. The third-order valence-corrected chi connectivity index (χ3v) is 10.1. The van der Waals surface area contributed by atoms with E-state index in [2.05, 4.69) is 5.10 Å². The number of sulfonamides is 1. The molecule has 204 valence electrons. The highest BCUT2D eigenvalue weighted by Gasteiger charge is 2.27. The van der Waals surface area contributed by atoms with E-state index in [1.54, 1.807) is 35.1 Å². The molecule has 9 nitrogen and oxygen atoms in total. The van der Waals surface area contributed by atoms with Gasteiger partial charge < -0.3 is 4.74 Å². The maximum Gasteiger partial charge on any atom is 0.243 e. The fraction of sp³-hybridized carbons (Fsp3) is 0.172. The Labute approximate surface area is 233 Å². The summed E-state index contributed by atoms with van der Waals surface area (Å²) in [6, 6.07) is 23.6. The number of para-hydroxylation sites is 1. The smallest absolute Gasteiger partial charge is 0.243 e. The van der Waals surface area contributed by atoms with Crippen LogP contribution in [0.4, 0.5) is 0 Å². The minimum absolute atomic E-state index is 0.00139. The Kier molecular flexibility index (Phi) is 7.69. The van der Waals surface area contributed by atoms with Gasteiger partial charge in [-0.2, -0.15) is 14.7 Å². The number of allylic oxidation sites excluding steroid dienone is 1. The molecule has 0 amide bonds. The second-order valence-corrected chi connectivity index (χ2v) is 13.1. The van der Waals surface area contributed by atoms with Crippen molar-refractivity contribution in [3.8, 4) is 23.0 Å². The number of aryl methyl sites for hydroxylation is 1. The number of benzene rings is 3. The first-order valence-electron chi connectivity index (χ1n) is 12.5. The molecule has 40 heavy (non-hydrogen) atoms. The number of nitriles is 1.